The maximum Gasteiger partial charge on any atom is 0.200 e. The van der Waals surface area contributed by atoms with Gasteiger partial charge in [0.15, 0.2) is 17.2 Å². The lowest BCUT2D eigenvalue weighted by Crippen LogP contribution is -2.16. The number of aromatic hydroxyl groups is 3. The number of hydrogen-bond acceptors (Lipinski definition) is 9. The van der Waals surface area contributed by atoms with E-state index >= 15 is 0 Å². The average molecular weight is 314 g/mol. The topological polar surface area (TPSA) is 127 Å². The molecule has 9 heteroatoms. The van der Waals surface area contributed by atoms with Crippen LogP contribution in [0.3, 0.4) is 0 Å². The molecule has 1 aromatic heterocycles. The van der Waals surface area contributed by atoms with Gasteiger partial charge in [-0.15, -0.1) is 11.3 Å². The predicted octanol–water partition coefficient (Wildman–Crippen LogP) is 1.79. The number of benzene rings is 1. The zero-order valence-electron chi connectivity index (χ0n) is 11.0. The first-order valence-corrected chi connectivity index (χ1v) is 6.72. The third kappa shape index (κ3) is 3.60. The Bertz CT molecular complexity index is 620. The molecule has 0 radical (unpaired) electrons. The maximum absolute atomic E-state index is 9.51. The van der Waals surface area contributed by atoms with E-state index in [0.29, 0.717) is 17.0 Å². The Kier molecular flexibility index (Phi) is 4.60. The smallest absolute Gasteiger partial charge is 0.200 e. The second-order valence-electron chi connectivity index (χ2n) is 4.23. The number of aryl methyl sites for hydroxylation is 1. The number of thiazole rings is 1. The van der Waals surface area contributed by atoms with Crippen LogP contribution in [0.15, 0.2) is 12.1 Å². The Balaban J connectivity index is 2.22. The summed E-state index contributed by atoms with van der Waals surface area (Å²) in [6.07, 6.45) is 0.414. The predicted molar refractivity (Wildman–Crippen MR) is 72.3 cm³/mol. The number of phenolic OH excluding ortho intramolecular Hbond substituents is 3. The second kappa shape index (κ2) is 6.24. The molecular weight excluding hydrogens is 300 g/mol. The van der Waals surface area contributed by atoms with Crippen LogP contribution in [0, 0.1) is 6.92 Å². The number of hydrogen-bond donors (Lipinski definition) is 5. The summed E-state index contributed by atoms with van der Waals surface area (Å²) >= 11 is 1.31. The molecule has 2 rings (SSSR count). The van der Waals surface area contributed by atoms with Gasteiger partial charge in [-0.1, -0.05) is 0 Å². The fraction of sp³-hybridized carbons (Fsp3) is 0.250. The summed E-state index contributed by atoms with van der Waals surface area (Å²) < 4.78 is 0. The van der Waals surface area contributed by atoms with E-state index in [0.717, 1.165) is 10.6 Å². The summed E-state index contributed by atoms with van der Waals surface area (Å²) in [5, 5.41) is 45.4. The summed E-state index contributed by atoms with van der Waals surface area (Å²) in [6, 6.07) is 2.60. The van der Waals surface area contributed by atoms with Crippen LogP contribution >= 0.6 is 11.3 Å². The SMILES string of the molecule is Cc1nc(-c2cc(O)c(O)c(O)c2)sc1CCON(O)O. The standard InChI is InChI=1S/C12H14N2O6S/c1-6-10(2-3-20-14(18)19)21-12(13-6)7-4-8(15)11(17)9(16)5-7/h4-5,15-19H,2-3H2,1H3. The van der Waals surface area contributed by atoms with Gasteiger partial charge in [-0.3, -0.25) is 15.3 Å². The van der Waals surface area contributed by atoms with Gasteiger partial charge in [0.25, 0.3) is 0 Å². The second-order valence-corrected chi connectivity index (χ2v) is 5.31. The van der Waals surface area contributed by atoms with Gasteiger partial charge in [-0.05, 0) is 19.1 Å². The molecule has 114 valence electrons. The zero-order valence-corrected chi connectivity index (χ0v) is 11.8. The summed E-state index contributed by atoms with van der Waals surface area (Å²) in [5.41, 5.74) is 1.20. The van der Waals surface area contributed by atoms with E-state index in [2.05, 4.69) is 9.82 Å². The number of phenols is 3. The number of nitrogens with zero attached hydrogens (tertiary/aromatic N) is 2. The van der Waals surface area contributed by atoms with E-state index in [1.807, 2.05) is 0 Å². The molecule has 21 heavy (non-hydrogen) atoms. The van der Waals surface area contributed by atoms with Crippen molar-refractivity contribution in [2.75, 3.05) is 6.61 Å². The van der Waals surface area contributed by atoms with Crippen molar-refractivity contribution in [3.63, 3.8) is 0 Å². The van der Waals surface area contributed by atoms with Crippen LogP contribution < -0.4 is 0 Å². The van der Waals surface area contributed by atoms with Crippen LogP contribution in [0.2, 0.25) is 0 Å². The molecule has 0 bridgehead atoms. The molecule has 0 unspecified atom stereocenters. The van der Waals surface area contributed by atoms with Crippen molar-refractivity contribution in [2.45, 2.75) is 13.3 Å². The van der Waals surface area contributed by atoms with Crippen molar-refractivity contribution in [1.82, 2.24) is 10.4 Å². The minimum atomic E-state index is -0.577. The molecule has 2 aromatic rings. The third-order valence-corrected chi connectivity index (χ3v) is 4.01. The number of rotatable bonds is 5. The molecule has 5 N–H and O–H groups in total. The Labute approximate surface area is 123 Å². The van der Waals surface area contributed by atoms with Crippen LogP contribution in [0.5, 0.6) is 17.2 Å². The summed E-state index contributed by atoms with van der Waals surface area (Å²) in [5.74, 6) is -1.44. The average Bonchev–Trinajstić information content (AvgIpc) is 2.77. The van der Waals surface area contributed by atoms with E-state index < -0.39 is 17.2 Å². The lowest BCUT2D eigenvalue weighted by atomic mass is 10.2. The monoisotopic (exact) mass is 314 g/mol. The van der Waals surface area contributed by atoms with Gasteiger partial charge in [0.1, 0.15) is 5.01 Å². The highest BCUT2D eigenvalue weighted by Gasteiger charge is 2.14. The Morgan fingerprint density at radius 3 is 2.38 bits per heavy atom. The van der Waals surface area contributed by atoms with Crippen molar-refractivity contribution in [3.05, 3.63) is 22.7 Å². The molecule has 0 atom stereocenters. The van der Waals surface area contributed by atoms with Crippen molar-refractivity contribution in [1.29, 1.82) is 0 Å². The molecule has 0 aliphatic carbocycles. The molecule has 0 saturated heterocycles. The molecule has 0 fully saturated rings. The molecular formula is C12H14N2O6S. The molecule has 8 nitrogen and oxygen atoms in total. The fourth-order valence-electron chi connectivity index (χ4n) is 1.73. The van der Waals surface area contributed by atoms with Crippen LogP contribution in [-0.4, -0.2) is 42.7 Å². The van der Waals surface area contributed by atoms with Crippen LogP contribution in [0.1, 0.15) is 10.6 Å². The van der Waals surface area contributed by atoms with E-state index in [1.54, 1.807) is 6.92 Å². The van der Waals surface area contributed by atoms with Gasteiger partial charge in [-0.2, -0.15) is 0 Å². The first kappa shape index (κ1) is 15.5. The van der Waals surface area contributed by atoms with Gasteiger partial charge < -0.3 is 15.3 Å². The molecule has 0 aliphatic heterocycles. The zero-order chi connectivity index (χ0) is 15.6. The number of aromatic nitrogens is 1. The minimum absolute atomic E-state index is 0.0571. The largest absolute Gasteiger partial charge is 0.504 e. The fourth-order valence-corrected chi connectivity index (χ4v) is 2.76. The highest BCUT2D eigenvalue weighted by molar-refractivity contribution is 7.15. The van der Waals surface area contributed by atoms with Gasteiger partial charge in [0.05, 0.1) is 17.7 Å². The Morgan fingerprint density at radius 2 is 1.81 bits per heavy atom. The van der Waals surface area contributed by atoms with Crippen LogP contribution in [0.25, 0.3) is 10.6 Å². The normalized spacial score (nSPS) is 11.2. The first-order valence-electron chi connectivity index (χ1n) is 5.91. The Morgan fingerprint density at radius 1 is 1.19 bits per heavy atom. The molecule has 0 spiro atoms. The van der Waals surface area contributed by atoms with E-state index in [9.17, 15) is 15.3 Å². The maximum atomic E-state index is 9.51. The lowest BCUT2D eigenvalue weighted by molar-refractivity contribution is -0.492. The van der Waals surface area contributed by atoms with Crippen molar-refractivity contribution in [3.8, 4) is 27.8 Å². The van der Waals surface area contributed by atoms with Gasteiger partial charge in [0, 0.05) is 16.9 Å². The molecule has 0 amide bonds. The quantitative estimate of drug-likeness (QED) is 0.417. The third-order valence-electron chi connectivity index (χ3n) is 2.75. The Hall–Kier alpha value is -1.91. The molecule has 0 saturated carbocycles. The van der Waals surface area contributed by atoms with Crippen molar-refractivity contribution < 1.29 is 30.6 Å². The lowest BCUT2D eigenvalue weighted by Gasteiger charge is -2.04. The van der Waals surface area contributed by atoms with E-state index in [-0.39, 0.29) is 12.0 Å². The molecule has 0 aliphatic rings. The van der Waals surface area contributed by atoms with Crippen molar-refractivity contribution in [2.24, 2.45) is 0 Å². The molecule has 1 aromatic carbocycles. The van der Waals surface area contributed by atoms with Gasteiger partial charge >= 0.3 is 0 Å². The van der Waals surface area contributed by atoms with Gasteiger partial charge in [0.2, 0.25) is 0 Å². The first-order chi connectivity index (χ1) is 9.88. The summed E-state index contributed by atoms with van der Waals surface area (Å²) in [7, 11) is 0. The summed E-state index contributed by atoms with van der Waals surface area (Å²) in [6.45, 7) is 1.84. The summed E-state index contributed by atoms with van der Waals surface area (Å²) in [4.78, 5) is 9.65. The highest BCUT2D eigenvalue weighted by Crippen LogP contribution is 2.40. The van der Waals surface area contributed by atoms with Crippen LogP contribution in [-0.2, 0) is 11.3 Å². The molecule has 1 heterocycles. The van der Waals surface area contributed by atoms with Gasteiger partial charge in [-0.25, -0.2) is 4.98 Å². The minimum Gasteiger partial charge on any atom is -0.504 e. The van der Waals surface area contributed by atoms with E-state index in [4.69, 9.17) is 10.4 Å². The van der Waals surface area contributed by atoms with Crippen LogP contribution in [0.4, 0.5) is 0 Å². The van der Waals surface area contributed by atoms with Crippen molar-refractivity contribution >= 4 is 11.3 Å². The highest BCUT2D eigenvalue weighted by atomic mass is 32.1. The van der Waals surface area contributed by atoms with E-state index in [1.165, 1.54) is 23.5 Å².